The van der Waals surface area contributed by atoms with E-state index >= 15 is 0 Å². The van der Waals surface area contributed by atoms with E-state index in [1.807, 2.05) is 0 Å². The number of aromatic nitrogens is 1. The SMILES string of the molecule is [N-]=[N+]=NCCC(O)C(O)c1cc(Cl)nc(Cl)c1. The van der Waals surface area contributed by atoms with Gasteiger partial charge in [0.1, 0.15) is 16.4 Å². The van der Waals surface area contributed by atoms with Crippen molar-refractivity contribution in [2.45, 2.75) is 18.6 Å². The maximum absolute atomic E-state index is 9.81. The number of pyridine rings is 1. The highest BCUT2D eigenvalue weighted by molar-refractivity contribution is 6.32. The number of aliphatic hydroxyl groups excluding tert-OH is 2. The summed E-state index contributed by atoms with van der Waals surface area (Å²) in [4.78, 5) is 6.27. The van der Waals surface area contributed by atoms with Gasteiger partial charge in [-0.3, -0.25) is 0 Å². The summed E-state index contributed by atoms with van der Waals surface area (Å²) < 4.78 is 0. The third-order valence-electron chi connectivity index (χ3n) is 2.08. The third-order valence-corrected chi connectivity index (χ3v) is 2.47. The molecular weight excluding hydrogens is 267 g/mol. The first kappa shape index (κ1) is 14.0. The molecule has 1 aromatic heterocycles. The van der Waals surface area contributed by atoms with Crippen LogP contribution in [0.1, 0.15) is 18.1 Å². The predicted molar refractivity (Wildman–Crippen MR) is 63.9 cm³/mol. The third kappa shape index (κ3) is 4.38. The molecule has 8 heteroatoms. The number of nitrogens with zero attached hydrogens (tertiary/aromatic N) is 4. The van der Waals surface area contributed by atoms with E-state index in [-0.39, 0.29) is 23.3 Å². The Labute approximate surface area is 107 Å². The summed E-state index contributed by atoms with van der Waals surface area (Å²) in [5, 5.41) is 23.0. The first-order valence-corrected chi connectivity index (χ1v) is 5.50. The molecule has 1 rings (SSSR count). The Morgan fingerprint density at radius 1 is 1.35 bits per heavy atom. The van der Waals surface area contributed by atoms with Crippen molar-refractivity contribution in [3.8, 4) is 0 Å². The van der Waals surface area contributed by atoms with Crippen molar-refractivity contribution < 1.29 is 10.2 Å². The van der Waals surface area contributed by atoms with Gasteiger partial charge in [0.15, 0.2) is 0 Å². The van der Waals surface area contributed by atoms with Gasteiger partial charge in [-0.1, -0.05) is 28.3 Å². The second-order valence-corrected chi connectivity index (χ2v) is 4.08. The fourth-order valence-corrected chi connectivity index (χ4v) is 1.75. The molecule has 92 valence electrons. The van der Waals surface area contributed by atoms with Crippen LogP contribution in [-0.2, 0) is 0 Å². The molecule has 0 fully saturated rings. The van der Waals surface area contributed by atoms with Crippen molar-refractivity contribution in [3.05, 3.63) is 38.4 Å². The van der Waals surface area contributed by atoms with E-state index in [1.54, 1.807) is 0 Å². The van der Waals surface area contributed by atoms with Crippen molar-refractivity contribution >= 4 is 23.2 Å². The van der Waals surface area contributed by atoms with Gasteiger partial charge < -0.3 is 10.2 Å². The average molecular weight is 277 g/mol. The number of rotatable bonds is 5. The molecule has 0 spiro atoms. The summed E-state index contributed by atoms with van der Waals surface area (Å²) in [6.07, 6.45) is -2.07. The molecule has 6 nitrogen and oxygen atoms in total. The minimum Gasteiger partial charge on any atom is -0.390 e. The largest absolute Gasteiger partial charge is 0.390 e. The molecular formula is C9H10Cl2N4O2. The maximum atomic E-state index is 9.81. The number of halogens is 2. The zero-order valence-electron chi connectivity index (χ0n) is 8.66. The Morgan fingerprint density at radius 2 is 1.94 bits per heavy atom. The first-order valence-electron chi connectivity index (χ1n) is 4.74. The molecule has 0 bridgehead atoms. The molecule has 0 aliphatic heterocycles. The van der Waals surface area contributed by atoms with Crippen LogP contribution in [0, 0.1) is 0 Å². The van der Waals surface area contributed by atoms with Crippen molar-refractivity contribution in [1.29, 1.82) is 0 Å². The van der Waals surface area contributed by atoms with Crippen LogP contribution in [0.5, 0.6) is 0 Å². The van der Waals surface area contributed by atoms with Gasteiger partial charge in [0, 0.05) is 11.5 Å². The van der Waals surface area contributed by atoms with Crippen LogP contribution >= 0.6 is 23.2 Å². The van der Waals surface area contributed by atoms with Gasteiger partial charge in [-0.2, -0.15) is 0 Å². The molecule has 17 heavy (non-hydrogen) atoms. The smallest absolute Gasteiger partial charge is 0.131 e. The van der Waals surface area contributed by atoms with Gasteiger partial charge in [0.25, 0.3) is 0 Å². The summed E-state index contributed by atoms with van der Waals surface area (Å²) >= 11 is 11.3. The van der Waals surface area contributed by atoms with Gasteiger partial charge in [-0.15, -0.1) is 0 Å². The van der Waals surface area contributed by atoms with Crippen LogP contribution in [0.3, 0.4) is 0 Å². The molecule has 0 saturated carbocycles. The van der Waals surface area contributed by atoms with Crippen molar-refractivity contribution in [2.24, 2.45) is 5.11 Å². The number of hydrogen-bond acceptors (Lipinski definition) is 4. The standard InChI is InChI=1S/C9H10Cl2N4O2/c10-7-3-5(4-8(11)14-7)9(17)6(16)1-2-13-15-12/h3-4,6,9,16-17H,1-2H2. The highest BCUT2D eigenvalue weighted by Gasteiger charge is 2.18. The minimum atomic E-state index is -1.15. The van der Waals surface area contributed by atoms with Crippen LogP contribution in [0.4, 0.5) is 0 Å². The fraction of sp³-hybridized carbons (Fsp3) is 0.444. The first-order chi connectivity index (χ1) is 8.04. The summed E-state index contributed by atoms with van der Waals surface area (Å²) in [5.41, 5.74) is 8.44. The van der Waals surface area contributed by atoms with Crippen molar-refractivity contribution in [2.75, 3.05) is 6.54 Å². The zero-order chi connectivity index (χ0) is 12.8. The monoisotopic (exact) mass is 276 g/mol. The fourth-order valence-electron chi connectivity index (χ4n) is 1.27. The van der Waals surface area contributed by atoms with E-state index in [0.717, 1.165) is 0 Å². The maximum Gasteiger partial charge on any atom is 0.131 e. The summed E-state index contributed by atoms with van der Waals surface area (Å²) in [7, 11) is 0. The van der Waals surface area contributed by atoms with E-state index in [0.29, 0.717) is 5.56 Å². The molecule has 2 atom stereocenters. The van der Waals surface area contributed by atoms with E-state index in [1.165, 1.54) is 12.1 Å². The predicted octanol–water partition coefficient (Wildman–Crippen LogP) is 2.48. The van der Waals surface area contributed by atoms with E-state index < -0.39 is 12.2 Å². The van der Waals surface area contributed by atoms with Gasteiger partial charge in [-0.05, 0) is 29.6 Å². The van der Waals surface area contributed by atoms with Crippen LogP contribution < -0.4 is 0 Å². The molecule has 0 aliphatic carbocycles. The van der Waals surface area contributed by atoms with Gasteiger partial charge >= 0.3 is 0 Å². The average Bonchev–Trinajstić information content (AvgIpc) is 2.27. The lowest BCUT2D eigenvalue weighted by Crippen LogP contribution is -2.19. The Bertz CT molecular complexity index is 417. The van der Waals surface area contributed by atoms with Crippen LogP contribution in [0.2, 0.25) is 10.3 Å². The number of hydrogen-bond donors (Lipinski definition) is 2. The second kappa shape index (κ2) is 6.64. The lowest BCUT2D eigenvalue weighted by atomic mass is 10.0. The topological polar surface area (TPSA) is 102 Å². The van der Waals surface area contributed by atoms with Gasteiger partial charge in [-0.25, -0.2) is 4.98 Å². The highest BCUT2D eigenvalue weighted by atomic mass is 35.5. The lowest BCUT2D eigenvalue weighted by molar-refractivity contribution is 0.0150. The molecule has 0 aliphatic rings. The zero-order valence-corrected chi connectivity index (χ0v) is 10.2. The highest BCUT2D eigenvalue weighted by Crippen LogP contribution is 2.23. The second-order valence-electron chi connectivity index (χ2n) is 3.30. The van der Waals surface area contributed by atoms with Crippen LogP contribution in [-0.4, -0.2) is 27.8 Å². The van der Waals surface area contributed by atoms with Crippen molar-refractivity contribution in [1.82, 2.24) is 4.98 Å². The van der Waals surface area contributed by atoms with Crippen molar-refractivity contribution in [3.63, 3.8) is 0 Å². The molecule has 0 radical (unpaired) electrons. The quantitative estimate of drug-likeness (QED) is 0.374. The summed E-state index contributed by atoms with van der Waals surface area (Å²) in [5.74, 6) is 0. The molecule has 2 unspecified atom stereocenters. The Morgan fingerprint density at radius 3 is 2.47 bits per heavy atom. The molecule has 0 aromatic carbocycles. The summed E-state index contributed by atoms with van der Waals surface area (Å²) in [6.45, 7) is 0.0985. The number of azide groups is 1. The Balaban J connectivity index is 2.73. The van der Waals surface area contributed by atoms with E-state index in [4.69, 9.17) is 28.7 Å². The molecule has 2 N–H and O–H groups in total. The number of aliphatic hydroxyl groups is 2. The molecule has 0 amide bonds. The molecule has 1 heterocycles. The van der Waals surface area contributed by atoms with Gasteiger partial charge in [0.05, 0.1) is 6.10 Å². The normalized spacial score (nSPS) is 13.9. The Kier molecular flexibility index (Phi) is 5.47. The summed E-state index contributed by atoms with van der Waals surface area (Å²) in [6, 6.07) is 2.82. The van der Waals surface area contributed by atoms with Crippen LogP contribution in [0.15, 0.2) is 17.2 Å². The van der Waals surface area contributed by atoms with E-state index in [9.17, 15) is 10.2 Å². The van der Waals surface area contributed by atoms with Gasteiger partial charge in [0.2, 0.25) is 0 Å². The molecule has 1 aromatic rings. The van der Waals surface area contributed by atoms with E-state index in [2.05, 4.69) is 15.0 Å². The molecule has 0 saturated heterocycles. The minimum absolute atomic E-state index is 0.0985. The van der Waals surface area contributed by atoms with Crippen LogP contribution in [0.25, 0.3) is 10.4 Å². The lowest BCUT2D eigenvalue weighted by Gasteiger charge is -2.17. The Hall–Kier alpha value is -1.04.